The molecule has 13 heteroatoms. The van der Waals surface area contributed by atoms with Crippen LogP contribution in [0, 0.1) is 18.8 Å². The third kappa shape index (κ3) is 10.8. The standard InChI is InChI=1S/C31H48N6O7/c1-20-4-2-3-5-23(20)14-22(15-24-28(31(32)44)36-11-10-35-24)17-34-16-21-7-12-37(13-8-21)27(41)6-9-33-18-25(39)29(42)30(43)26(40)19-38/h2-5,10-11,21-22,25-26,29-30,33-34,38-40,42-43H,6-9,12-19H2,1H3,(H2,32,44)/t22-,25+,26-,29-,30-/m1/s1. The van der Waals surface area contributed by atoms with Crippen LogP contribution in [0.1, 0.15) is 46.6 Å². The average molecular weight is 617 g/mol. The fourth-order valence-corrected chi connectivity index (χ4v) is 5.53. The number of aliphatic hydroxyl groups is 5. The number of aromatic nitrogens is 2. The number of nitrogens with two attached hydrogens (primary N) is 1. The van der Waals surface area contributed by atoms with Gasteiger partial charge in [-0.1, -0.05) is 24.3 Å². The zero-order valence-electron chi connectivity index (χ0n) is 25.4. The van der Waals surface area contributed by atoms with E-state index in [1.165, 1.54) is 17.3 Å². The maximum absolute atomic E-state index is 12.7. The molecule has 1 aliphatic heterocycles. The summed E-state index contributed by atoms with van der Waals surface area (Å²) in [5, 5.41) is 54.3. The summed E-state index contributed by atoms with van der Waals surface area (Å²) in [6.07, 6.45) is 0.176. The van der Waals surface area contributed by atoms with Crippen LogP contribution in [0.4, 0.5) is 0 Å². The fraction of sp³-hybridized carbons (Fsp3) is 0.613. The molecule has 2 amide bonds. The summed E-state index contributed by atoms with van der Waals surface area (Å²) in [5.74, 6) is 0.00947. The predicted octanol–water partition coefficient (Wildman–Crippen LogP) is -1.47. The summed E-state index contributed by atoms with van der Waals surface area (Å²) in [5.41, 5.74) is 8.81. The van der Waals surface area contributed by atoms with E-state index in [-0.39, 0.29) is 37.0 Å². The van der Waals surface area contributed by atoms with Crippen molar-refractivity contribution in [2.45, 2.75) is 63.4 Å². The van der Waals surface area contributed by atoms with Gasteiger partial charge in [-0.3, -0.25) is 14.6 Å². The van der Waals surface area contributed by atoms with Gasteiger partial charge in [0.25, 0.3) is 5.91 Å². The van der Waals surface area contributed by atoms with Crippen molar-refractivity contribution >= 4 is 11.8 Å². The lowest BCUT2D eigenvalue weighted by Gasteiger charge is -2.32. The zero-order chi connectivity index (χ0) is 32.1. The van der Waals surface area contributed by atoms with Crippen LogP contribution in [-0.4, -0.2) is 123 Å². The number of likely N-dealkylation sites (tertiary alicyclic amines) is 1. The minimum atomic E-state index is -1.68. The maximum Gasteiger partial charge on any atom is 0.269 e. The molecule has 0 spiro atoms. The van der Waals surface area contributed by atoms with Crippen molar-refractivity contribution in [2.75, 3.05) is 45.9 Å². The fourth-order valence-electron chi connectivity index (χ4n) is 5.53. The summed E-state index contributed by atoms with van der Waals surface area (Å²) < 4.78 is 0. The first-order valence-corrected chi connectivity index (χ1v) is 15.3. The number of aryl methyl sites for hydroxylation is 1. The number of hydrogen-bond acceptors (Lipinski definition) is 11. The predicted molar refractivity (Wildman–Crippen MR) is 163 cm³/mol. The van der Waals surface area contributed by atoms with Crippen molar-refractivity contribution in [3.05, 3.63) is 59.2 Å². The minimum absolute atomic E-state index is 0.00204. The molecule has 1 aromatic heterocycles. The second-order valence-electron chi connectivity index (χ2n) is 11.7. The van der Waals surface area contributed by atoms with Crippen LogP contribution in [0.2, 0.25) is 0 Å². The molecule has 2 heterocycles. The monoisotopic (exact) mass is 616 g/mol. The van der Waals surface area contributed by atoms with Gasteiger partial charge in [0.05, 0.1) is 18.4 Å². The Morgan fingerprint density at radius 1 is 0.977 bits per heavy atom. The van der Waals surface area contributed by atoms with Gasteiger partial charge < -0.3 is 46.8 Å². The van der Waals surface area contributed by atoms with Gasteiger partial charge in [-0.25, -0.2) is 4.98 Å². The molecule has 0 aliphatic carbocycles. The lowest BCUT2D eigenvalue weighted by molar-refractivity contribution is -0.132. The lowest BCUT2D eigenvalue weighted by atomic mass is 9.91. The van der Waals surface area contributed by atoms with E-state index in [9.17, 15) is 30.0 Å². The molecule has 244 valence electrons. The van der Waals surface area contributed by atoms with E-state index in [1.54, 1.807) is 6.20 Å². The number of piperidine rings is 1. The quantitative estimate of drug-likeness (QED) is 0.0905. The van der Waals surface area contributed by atoms with Crippen molar-refractivity contribution in [3.63, 3.8) is 0 Å². The van der Waals surface area contributed by atoms with Crippen LogP contribution in [0.3, 0.4) is 0 Å². The first kappa shape index (κ1) is 35.4. The summed E-state index contributed by atoms with van der Waals surface area (Å²) in [6, 6.07) is 8.26. The van der Waals surface area contributed by atoms with Gasteiger partial charge in [0, 0.05) is 45.0 Å². The van der Waals surface area contributed by atoms with E-state index in [0.29, 0.717) is 31.1 Å². The number of aliphatic hydroxyl groups excluding tert-OH is 5. The summed E-state index contributed by atoms with van der Waals surface area (Å²) in [6.45, 7) is 4.42. The van der Waals surface area contributed by atoms with Crippen LogP contribution in [0.5, 0.6) is 0 Å². The van der Waals surface area contributed by atoms with E-state index in [2.05, 4.69) is 39.7 Å². The molecule has 9 N–H and O–H groups in total. The molecule has 0 bridgehead atoms. The molecule has 5 atom stereocenters. The number of carbonyl (C=O) groups excluding carboxylic acids is 2. The van der Waals surface area contributed by atoms with Crippen molar-refractivity contribution in [3.8, 4) is 0 Å². The van der Waals surface area contributed by atoms with E-state index in [1.807, 2.05) is 17.0 Å². The van der Waals surface area contributed by atoms with Crippen LogP contribution in [0.25, 0.3) is 0 Å². The molecule has 3 rings (SSSR count). The number of nitrogens with one attached hydrogen (secondary N) is 2. The summed E-state index contributed by atoms with van der Waals surface area (Å²) in [7, 11) is 0. The Morgan fingerprint density at radius 3 is 2.34 bits per heavy atom. The number of nitrogens with zero attached hydrogens (tertiary/aromatic N) is 3. The highest BCUT2D eigenvalue weighted by Crippen LogP contribution is 2.20. The second-order valence-corrected chi connectivity index (χ2v) is 11.7. The molecule has 0 radical (unpaired) electrons. The Labute approximate surface area is 258 Å². The van der Waals surface area contributed by atoms with Gasteiger partial charge in [0.2, 0.25) is 5.91 Å². The molecule has 0 saturated carbocycles. The van der Waals surface area contributed by atoms with Crippen molar-refractivity contribution < 1.29 is 35.1 Å². The highest BCUT2D eigenvalue weighted by molar-refractivity contribution is 5.91. The molecule has 13 nitrogen and oxygen atoms in total. The average Bonchev–Trinajstić information content (AvgIpc) is 3.03. The van der Waals surface area contributed by atoms with Gasteiger partial charge >= 0.3 is 0 Å². The highest BCUT2D eigenvalue weighted by atomic mass is 16.4. The molecule has 2 aromatic rings. The maximum atomic E-state index is 12.7. The topological polar surface area (TPSA) is 214 Å². The Balaban J connectivity index is 1.41. The Bertz CT molecular complexity index is 1180. The smallest absolute Gasteiger partial charge is 0.269 e. The second kappa shape index (κ2) is 18.1. The van der Waals surface area contributed by atoms with Crippen molar-refractivity contribution in [2.24, 2.45) is 17.6 Å². The number of carbonyl (C=O) groups is 2. The van der Waals surface area contributed by atoms with Gasteiger partial charge in [0.15, 0.2) is 0 Å². The molecule has 0 unspecified atom stereocenters. The van der Waals surface area contributed by atoms with Crippen LogP contribution in [-0.2, 0) is 17.6 Å². The first-order chi connectivity index (χ1) is 21.1. The summed E-state index contributed by atoms with van der Waals surface area (Å²) in [4.78, 5) is 35.0. The molecule has 44 heavy (non-hydrogen) atoms. The van der Waals surface area contributed by atoms with Crippen LogP contribution >= 0.6 is 0 Å². The lowest BCUT2D eigenvalue weighted by Crippen LogP contribution is -2.49. The summed E-state index contributed by atoms with van der Waals surface area (Å²) >= 11 is 0. The Kier molecular flexibility index (Phi) is 14.5. The van der Waals surface area contributed by atoms with E-state index >= 15 is 0 Å². The molecular formula is C31H48N6O7. The largest absolute Gasteiger partial charge is 0.394 e. The van der Waals surface area contributed by atoms with Crippen LogP contribution in [0.15, 0.2) is 36.7 Å². The Hall–Kier alpha value is -3.04. The number of benzene rings is 1. The van der Waals surface area contributed by atoms with Crippen LogP contribution < -0.4 is 16.4 Å². The molecule has 1 aliphatic rings. The molecular weight excluding hydrogens is 568 g/mol. The van der Waals surface area contributed by atoms with Gasteiger partial charge in [-0.05, 0) is 68.7 Å². The number of primary amides is 1. The molecule has 1 fully saturated rings. The molecule has 1 saturated heterocycles. The van der Waals surface area contributed by atoms with E-state index in [4.69, 9.17) is 10.8 Å². The third-order valence-electron chi connectivity index (χ3n) is 8.29. The van der Waals surface area contributed by atoms with E-state index in [0.717, 1.165) is 32.4 Å². The zero-order valence-corrected chi connectivity index (χ0v) is 25.4. The Morgan fingerprint density at radius 2 is 1.66 bits per heavy atom. The van der Waals surface area contributed by atoms with Gasteiger partial charge in [0.1, 0.15) is 24.0 Å². The normalized spacial score (nSPS) is 17.5. The first-order valence-electron chi connectivity index (χ1n) is 15.3. The van der Waals surface area contributed by atoms with E-state index < -0.39 is 36.9 Å². The number of amides is 2. The highest BCUT2D eigenvalue weighted by Gasteiger charge is 2.30. The number of rotatable bonds is 18. The minimum Gasteiger partial charge on any atom is -0.394 e. The molecule has 1 aromatic carbocycles. The van der Waals surface area contributed by atoms with Crippen molar-refractivity contribution in [1.82, 2.24) is 25.5 Å². The third-order valence-corrected chi connectivity index (χ3v) is 8.29. The number of hydrogen-bond donors (Lipinski definition) is 8. The van der Waals surface area contributed by atoms with Gasteiger partial charge in [-0.15, -0.1) is 0 Å². The van der Waals surface area contributed by atoms with Crippen molar-refractivity contribution in [1.29, 1.82) is 0 Å². The van der Waals surface area contributed by atoms with Gasteiger partial charge in [-0.2, -0.15) is 0 Å². The SMILES string of the molecule is Cc1ccccc1C[C@@H](CNCC1CCN(C(=O)CCNC[C@H](O)[C@@H](O)[C@H](O)[C@H](O)CO)CC1)Cc1nccnc1C(N)=O.